The smallest absolute Gasteiger partial charge is 0.287 e. The van der Waals surface area contributed by atoms with Gasteiger partial charge in [-0.25, -0.2) is 12.8 Å². The van der Waals surface area contributed by atoms with Crippen LogP contribution < -0.4 is 10.1 Å². The van der Waals surface area contributed by atoms with Crippen LogP contribution in [0.25, 0.3) is 11.0 Å². The zero-order valence-corrected chi connectivity index (χ0v) is 29.3. The second kappa shape index (κ2) is 14.4. The van der Waals surface area contributed by atoms with Crippen molar-refractivity contribution in [1.82, 2.24) is 20.0 Å². The normalized spacial score (nSPS) is 16.7. The average molecular weight is 742 g/mol. The molecule has 3 aromatic carbocycles. The zero-order valence-electron chi connectivity index (χ0n) is 26.9. The number of nitrogens with zero attached hydrogens (tertiary/aromatic N) is 3. The summed E-state index contributed by atoms with van der Waals surface area (Å²) in [5.74, 6) is -0.325. The van der Waals surface area contributed by atoms with E-state index in [9.17, 15) is 22.4 Å². The fraction of sp³-hybridized carbons (Fsp3) is 0.371. The highest BCUT2D eigenvalue weighted by Crippen LogP contribution is 2.26. The fourth-order valence-corrected chi connectivity index (χ4v) is 8.24. The van der Waals surface area contributed by atoms with Crippen molar-refractivity contribution >= 4 is 48.6 Å². The third-order valence-corrected chi connectivity index (χ3v) is 11.1. The molecule has 2 aliphatic heterocycles. The quantitative estimate of drug-likeness (QED) is 0.253. The maximum absolute atomic E-state index is 14.1. The number of carbonyl (C=O) groups excluding carboxylic acids is 2. The van der Waals surface area contributed by atoms with Gasteiger partial charge in [0.15, 0.2) is 27.2 Å². The molecule has 3 heterocycles. The summed E-state index contributed by atoms with van der Waals surface area (Å²) in [7, 11) is -1.90. The molecule has 2 amide bonds. The Hall–Kier alpha value is -3.78. The molecule has 0 spiro atoms. The molecule has 2 saturated heterocycles. The van der Waals surface area contributed by atoms with Gasteiger partial charge in [0.1, 0.15) is 5.58 Å². The van der Waals surface area contributed by atoms with Crippen molar-refractivity contribution in [3.8, 4) is 5.75 Å². The van der Waals surface area contributed by atoms with Gasteiger partial charge < -0.3 is 19.4 Å². The van der Waals surface area contributed by atoms with E-state index in [0.29, 0.717) is 60.3 Å². The number of furan rings is 1. The summed E-state index contributed by atoms with van der Waals surface area (Å²) < 4.78 is 49.7. The van der Waals surface area contributed by atoms with Crippen LogP contribution in [0.15, 0.2) is 74.4 Å². The molecular weight excluding hydrogens is 703 g/mol. The van der Waals surface area contributed by atoms with E-state index in [0.717, 1.165) is 37.1 Å². The van der Waals surface area contributed by atoms with Gasteiger partial charge in [-0.15, -0.1) is 0 Å². The molecule has 0 bridgehead atoms. The lowest BCUT2D eigenvalue weighted by Crippen LogP contribution is -2.48. The number of amides is 2. The molecule has 2 fully saturated rings. The van der Waals surface area contributed by atoms with Crippen LogP contribution in [0, 0.1) is 5.82 Å². The Balaban J connectivity index is 0.999. The summed E-state index contributed by atoms with van der Waals surface area (Å²) in [6.45, 7) is 5.16. The van der Waals surface area contributed by atoms with Crippen molar-refractivity contribution in [2.24, 2.45) is 0 Å². The molecule has 254 valence electrons. The van der Waals surface area contributed by atoms with E-state index in [1.54, 1.807) is 42.5 Å². The first-order valence-electron chi connectivity index (χ1n) is 15.9. The first-order chi connectivity index (χ1) is 23.0. The van der Waals surface area contributed by atoms with Crippen LogP contribution >= 0.6 is 15.9 Å². The third kappa shape index (κ3) is 7.91. The first-order valence-corrected chi connectivity index (χ1v) is 18.5. The monoisotopic (exact) mass is 740 g/mol. The van der Waals surface area contributed by atoms with E-state index in [4.69, 9.17) is 9.15 Å². The minimum Gasteiger partial charge on any atom is -0.494 e. The number of nitrogens with one attached hydrogen (secondary N) is 1. The topological polar surface area (TPSA) is 112 Å². The molecule has 1 N–H and O–H groups in total. The number of piperazine rings is 1. The van der Waals surface area contributed by atoms with E-state index in [1.807, 2.05) is 17.0 Å². The number of hydrogen-bond acceptors (Lipinski definition) is 8. The summed E-state index contributed by atoms with van der Waals surface area (Å²) in [4.78, 5) is 33.0. The lowest BCUT2D eigenvalue weighted by Gasteiger charge is -2.35. The second-order valence-electron chi connectivity index (χ2n) is 12.5. The number of carbonyl (C=O) groups is 2. The maximum Gasteiger partial charge on any atom is 0.287 e. The first kappa shape index (κ1) is 34.1. The van der Waals surface area contributed by atoms with Gasteiger partial charge in [-0.1, -0.05) is 12.1 Å². The Morgan fingerprint density at radius 2 is 1.58 bits per heavy atom. The molecule has 48 heavy (non-hydrogen) atoms. The van der Waals surface area contributed by atoms with Gasteiger partial charge >= 0.3 is 0 Å². The predicted molar refractivity (Wildman–Crippen MR) is 183 cm³/mol. The van der Waals surface area contributed by atoms with Gasteiger partial charge in [-0.2, -0.15) is 0 Å². The number of likely N-dealkylation sites (tertiary alicyclic amines) is 1. The van der Waals surface area contributed by atoms with Crippen LogP contribution in [0.5, 0.6) is 5.75 Å². The van der Waals surface area contributed by atoms with Crippen molar-refractivity contribution in [3.63, 3.8) is 0 Å². The summed E-state index contributed by atoms with van der Waals surface area (Å²) in [5, 5.41) is 3.76. The van der Waals surface area contributed by atoms with Crippen LogP contribution in [0.4, 0.5) is 4.39 Å². The Kier molecular flexibility index (Phi) is 10.2. The number of methoxy groups -OCH3 is 1. The van der Waals surface area contributed by atoms with Gasteiger partial charge in [0.25, 0.3) is 11.8 Å². The van der Waals surface area contributed by atoms with Crippen LogP contribution in [-0.4, -0.2) is 93.6 Å². The molecule has 0 aliphatic carbocycles. The highest BCUT2D eigenvalue weighted by molar-refractivity contribution is 9.10. The van der Waals surface area contributed by atoms with Crippen molar-refractivity contribution in [2.75, 3.05) is 52.6 Å². The van der Waals surface area contributed by atoms with E-state index in [2.05, 4.69) is 31.0 Å². The summed E-state index contributed by atoms with van der Waals surface area (Å²) in [6, 6.07) is 17.2. The molecule has 0 atom stereocenters. The molecule has 13 heteroatoms. The highest BCUT2D eigenvalue weighted by atomic mass is 79.9. The van der Waals surface area contributed by atoms with Gasteiger partial charge in [0, 0.05) is 80.1 Å². The second-order valence-corrected chi connectivity index (χ2v) is 15.3. The van der Waals surface area contributed by atoms with E-state index in [1.165, 1.54) is 19.4 Å². The molecule has 2 aliphatic rings. The Morgan fingerprint density at radius 1 is 0.917 bits per heavy atom. The van der Waals surface area contributed by atoms with E-state index >= 15 is 0 Å². The highest BCUT2D eigenvalue weighted by Gasteiger charge is 2.25. The molecular formula is C35H38BrFN4O6S. The van der Waals surface area contributed by atoms with Crippen LogP contribution in [-0.2, 0) is 22.9 Å². The van der Waals surface area contributed by atoms with Crippen molar-refractivity contribution in [2.45, 2.75) is 36.9 Å². The number of ether oxygens (including phenoxy) is 1. The largest absolute Gasteiger partial charge is 0.494 e. The molecule has 1 aromatic heterocycles. The summed E-state index contributed by atoms with van der Waals surface area (Å²) in [5.41, 5.74) is 2.84. The minimum absolute atomic E-state index is 0.00382. The van der Waals surface area contributed by atoms with Gasteiger partial charge in [-0.3, -0.25) is 19.4 Å². The van der Waals surface area contributed by atoms with Crippen molar-refractivity contribution in [3.05, 3.63) is 93.4 Å². The standard InChI is InChI=1S/C35H38BrFN4O6S/c1-46-31-7-4-23(17-29(31)37)21-39-11-9-27(10-12-39)38-34(42)32-20-26-19-25(5-8-30(26)47-32)35(43)41-15-13-40(14-16-41)22-24-3-6-28(36)33(18-24)48(2,44)45/h3-8,17-20,27H,9-16,21-22H2,1-2H3,(H,38,42). The van der Waals surface area contributed by atoms with Crippen molar-refractivity contribution in [1.29, 1.82) is 0 Å². The number of rotatable bonds is 9. The van der Waals surface area contributed by atoms with Gasteiger partial charge in [-0.05, 0) is 88.4 Å². The molecule has 0 radical (unpaired) electrons. The average Bonchev–Trinajstić information content (AvgIpc) is 3.50. The zero-order chi connectivity index (χ0) is 34.0. The number of hydrogen-bond donors (Lipinski definition) is 1. The minimum atomic E-state index is -3.35. The maximum atomic E-state index is 14.1. The number of halogens is 2. The SMILES string of the molecule is COc1ccc(CN2CCC(NC(=O)c3cc4cc(C(=O)N5CCN(Cc6ccc(Br)c(S(C)(=O)=O)c6)CC5)ccc4o3)CC2)cc1F. The molecule has 10 nitrogen and oxygen atoms in total. The lowest BCUT2D eigenvalue weighted by atomic mass is 10.0. The number of sulfone groups is 1. The van der Waals surface area contributed by atoms with E-state index in [-0.39, 0.29) is 40.1 Å². The van der Waals surface area contributed by atoms with E-state index < -0.39 is 9.84 Å². The molecule has 4 aromatic rings. The number of benzene rings is 3. The Bertz CT molecular complexity index is 1930. The van der Waals surface area contributed by atoms with Crippen molar-refractivity contribution < 1.29 is 31.6 Å². The van der Waals surface area contributed by atoms with Crippen LogP contribution in [0.3, 0.4) is 0 Å². The van der Waals surface area contributed by atoms with Gasteiger partial charge in [0.05, 0.1) is 12.0 Å². The number of piperidine rings is 1. The van der Waals surface area contributed by atoms with Gasteiger partial charge in [0.2, 0.25) is 0 Å². The predicted octanol–water partition coefficient (Wildman–Crippen LogP) is 5.10. The third-order valence-electron chi connectivity index (χ3n) is 8.99. The Labute approximate surface area is 287 Å². The molecule has 6 rings (SSSR count). The van der Waals surface area contributed by atoms with Crippen LogP contribution in [0.1, 0.15) is 44.9 Å². The molecule has 0 saturated carbocycles. The lowest BCUT2D eigenvalue weighted by molar-refractivity contribution is 0.0628. The summed E-state index contributed by atoms with van der Waals surface area (Å²) >= 11 is 3.32. The fourth-order valence-electron chi connectivity index (χ4n) is 6.33. The van der Waals surface area contributed by atoms with Crippen LogP contribution in [0.2, 0.25) is 0 Å². The number of fused-ring (bicyclic) bond motifs is 1. The Morgan fingerprint density at radius 3 is 2.25 bits per heavy atom. The molecule has 0 unspecified atom stereocenters. The summed E-state index contributed by atoms with van der Waals surface area (Å²) in [6.07, 6.45) is 2.73.